The van der Waals surface area contributed by atoms with Crippen LogP contribution in [0.25, 0.3) is 33.1 Å². The van der Waals surface area contributed by atoms with Crippen LogP contribution in [0.5, 0.6) is 6.01 Å². The van der Waals surface area contributed by atoms with Crippen molar-refractivity contribution in [2.24, 2.45) is 11.8 Å². The fourth-order valence-electron chi connectivity index (χ4n) is 8.66. The number of H-pyrrole nitrogens is 1. The Kier molecular flexibility index (Phi) is 6.83. The SMILES string of the molecule is O=C1N[C@@H]2CN(C[C@@H]3C[C@@H]32)c2nc(OC[C@@]34CCCN3C[C@H](F)C4)nc3c(F)c(ncc23)-c2c(c(Cl)cc3[nH]ncc23)CCC[C@@H]1F. The van der Waals surface area contributed by atoms with E-state index in [0.29, 0.717) is 77.2 Å². The minimum absolute atomic E-state index is 0.00435. The Morgan fingerprint density at radius 3 is 2.91 bits per heavy atom. The number of ether oxygens (including phenoxy) is 1. The Morgan fingerprint density at radius 1 is 1.13 bits per heavy atom. The van der Waals surface area contributed by atoms with Crippen LogP contribution in [0.1, 0.15) is 44.1 Å². The molecule has 6 aliphatic rings. The molecule has 1 aliphatic carbocycles. The zero-order valence-corrected chi connectivity index (χ0v) is 26.4. The second kappa shape index (κ2) is 10.9. The third kappa shape index (κ3) is 4.82. The molecule has 4 fully saturated rings. The second-order valence-corrected chi connectivity index (χ2v) is 14.4. The maximum Gasteiger partial charge on any atom is 0.319 e. The van der Waals surface area contributed by atoms with Gasteiger partial charge in [-0.1, -0.05) is 11.6 Å². The zero-order chi connectivity index (χ0) is 32.0. The van der Waals surface area contributed by atoms with Crippen molar-refractivity contribution in [3.05, 3.63) is 34.9 Å². The van der Waals surface area contributed by atoms with E-state index in [2.05, 4.69) is 30.4 Å². The number of hydrogen-bond acceptors (Lipinski definition) is 8. The number of anilines is 1. The monoisotopic (exact) mass is 666 g/mol. The van der Waals surface area contributed by atoms with E-state index in [-0.39, 0.29) is 48.1 Å². The molecule has 14 heteroatoms. The number of fused-ring (bicyclic) bond motifs is 9. The number of hydrogen-bond donors (Lipinski definition) is 2. The largest absolute Gasteiger partial charge is 0.461 e. The zero-order valence-electron chi connectivity index (χ0n) is 25.6. The molecule has 3 saturated heterocycles. The summed E-state index contributed by atoms with van der Waals surface area (Å²) in [6, 6.07) is 1.42. The van der Waals surface area contributed by atoms with Crippen molar-refractivity contribution in [2.45, 2.75) is 68.9 Å². The van der Waals surface area contributed by atoms with E-state index in [9.17, 15) is 9.18 Å². The molecule has 8 heterocycles. The van der Waals surface area contributed by atoms with E-state index < -0.39 is 29.6 Å². The topological polar surface area (TPSA) is 112 Å². The number of halogens is 4. The highest BCUT2D eigenvalue weighted by molar-refractivity contribution is 6.33. The van der Waals surface area contributed by atoms with Gasteiger partial charge in [0.05, 0.1) is 22.6 Å². The first-order chi connectivity index (χ1) is 22.8. The van der Waals surface area contributed by atoms with Gasteiger partial charge in [0, 0.05) is 54.3 Å². The molecule has 5 aliphatic heterocycles. The summed E-state index contributed by atoms with van der Waals surface area (Å²) >= 11 is 6.76. The van der Waals surface area contributed by atoms with Crippen LogP contribution in [0.15, 0.2) is 18.5 Å². The fourth-order valence-corrected chi connectivity index (χ4v) is 8.96. The van der Waals surface area contributed by atoms with Gasteiger partial charge in [0.15, 0.2) is 12.0 Å². The van der Waals surface area contributed by atoms with Gasteiger partial charge in [0.1, 0.15) is 29.8 Å². The van der Waals surface area contributed by atoms with Crippen molar-refractivity contribution in [3.8, 4) is 17.3 Å². The molecule has 0 unspecified atom stereocenters. The number of nitrogens with one attached hydrogen (secondary N) is 2. The van der Waals surface area contributed by atoms with Gasteiger partial charge in [-0.3, -0.25) is 19.8 Å². The van der Waals surface area contributed by atoms with E-state index in [1.165, 1.54) is 0 Å². The van der Waals surface area contributed by atoms with Crippen molar-refractivity contribution >= 4 is 45.1 Å². The van der Waals surface area contributed by atoms with Gasteiger partial charge < -0.3 is 15.0 Å². The molecule has 47 heavy (non-hydrogen) atoms. The summed E-state index contributed by atoms with van der Waals surface area (Å²) < 4.78 is 53.1. The number of alkyl halides is 2. The first-order valence-electron chi connectivity index (χ1n) is 16.5. The minimum atomic E-state index is -1.69. The molecule has 10 nitrogen and oxygen atoms in total. The van der Waals surface area contributed by atoms with Gasteiger partial charge in [-0.15, -0.1) is 0 Å². The lowest BCUT2D eigenvalue weighted by Gasteiger charge is -2.35. The van der Waals surface area contributed by atoms with Crippen molar-refractivity contribution in [2.75, 3.05) is 37.7 Å². The lowest BCUT2D eigenvalue weighted by atomic mass is 9.94. The highest BCUT2D eigenvalue weighted by Crippen LogP contribution is 2.48. The Balaban J connectivity index is 1.21. The second-order valence-electron chi connectivity index (χ2n) is 14.0. The molecule has 1 saturated carbocycles. The molecule has 6 atom stereocenters. The number of carbonyl (C=O) groups is 1. The Bertz CT molecular complexity index is 1930. The number of carbonyl (C=O) groups excluding carboxylic acids is 1. The number of aromatic amines is 1. The number of nitrogens with zero attached hydrogens (tertiary/aromatic N) is 6. The van der Waals surface area contributed by atoms with Crippen molar-refractivity contribution in [1.29, 1.82) is 0 Å². The smallest absolute Gasteiger partial charge is 0.319 e. The van der Waals surface area contributed by atoms with E-state index in [4.69, 9.17) is 21.3 Å². The van der Waals surface area contributed by atoms with Crippen molar-refractivity contribution < 1.29 is 22.7 Å². The summed E-state index contributed by atoms with van der Waals surface area (Å²) in [4.78, 5) is 31.3. The van der Waals surface area contributed by atoms with Gasteiger partial charge in [-0.25, -0.2) is 13.2 Å². The Morgan fingerprint density at radius 2 is 2.02 bits per heavy atom. The quantitative estimate of drug-likeness (QED) is 0.317. The Hall–Kier alpha value is -3.71. The molecule has 10 rings (SSSR count). The number of rotatable bonds is 3. The van der Waals surface area contributed by atoms with Gasteiger partial charge >= 0.3 is 6.01 Å². The third-order valence-corrected chi connectivity index (χ3v) is 11.4. The summed E-state index contributed by atoms with van der Waals surface area (Å²) in [6.07, 6.45) is 4.20. The third-order valence-electron chi connectivity index (χ3n) is 11.1. The van der Waals surface area contributed by atoms with Crippen molar-refractivity contribution in [1.82, 2.24) is 35.4 Å². The normalized spacial score (nSPS) is 30.5. The predicted octanol–water partition coefficient (Wildman–Crippen LogP) is 4.93. The molecule has 1 amide bonds. The van der Waals surface area contributed by atoms with Crippen LogP contribution in [0.2, 0.25) is 5.02 Å². The molecular formula is C33H34ClF3N8O2. The number of benzene rings is 1. The van der Waals surface area contributed by atoms with E-state index in [1.54, 1.807) is 18.5 Å². The standard InChI is InChI=1S/C33H34ClF3N8O2/c34-22-8-24-20(11-39-43-24)26-18(22)3-1-4-23(36)31(46)40-25-14-44(12-16-7-19(16)25)30-21-10-38-29(26)27(37)28(21)41-32(42-30)47-15-33-5-2-6-45(33)13-17(35)9-33/h8,10-11,16-17,19,23,25H,1-7,9,12-15H2,(H,39,43)(H,40,46)/t16-,17+,19-,23-,25+,33-/m0/s1. The summed E-state index contributed by atoms with van der Waals surface area (Å²) in [5.41, 5.74) is 1.26. The molecular weight excluding hydrogens is 633 g/mol. The number of aromatic nitrogens is 5. The number of piperidine rings is 1. The van der Waals surface area contributed by atoms with Crippen LogP contribution in [-0.2, 0) is 11.2 Å². The highest BCUT2D eigenvalue weighted by Gasteiger charge is 2.51. The summed E-state index contributed by atoms with van der Waals surface area (Å²) in [5, 5.41) is 11.4. The lowest BCUT2D eigenvalue weighted by Crippen LogP contribution is -2.51. The molecule has 1 aromatic carbocycles. The molecule has 4 aromatic rings. The molecule has 3 aromatic heterocycles. The minimum Gasteiger partial charge on any atom is -0.461 e. The summed E-state index contributed by atoms with van der Waals surface area (Å²) in [5.74, 6) is -0.312. The molecule has 0 radical (unpaired) electrons. The first kappa shape index (κ1) is 29.4. The summed E-state index contributed by atoms with van der Waals surface area (Å²) in [7, 11) is 0. The molecule has 0 spiro atoms. The van der Waals surface area contributed by atoms with Gasteiger partial charge in [-0.2, -0.15) is 15.1 Å². The van der Waals surface area contributed by atoms with E-state index in [0.717, 1.165) is 25.8 Å². The van der Waals surface area contributed by atoms with Gasteiger partial charge in [-0.05, 0) is 68.5 Å². The van der Waals surface area contributed by atoms with Crippen molar-refractivity contribution in [3.63, 3.8) is 0 Å². The fraction of sp³-hybridized carbons (Fsp3) is 0.545. The lowest BCUT2D eigenvalue weighted by molar-refractivity contribution is -0.127. The van der Waals surface area contributed by atoms with Crippen LogP contribution in [-0.4, -0.2) is 92.7 Å². The maximum absolute atomic E-state index is 17.0. The number of pyridine rings is 1. The first-order valence-corrected chi connectivity index (χ1v) is 16.9. The van der Waals surface area contributed by atoms with Gasteiger partial charge in [0.25, 0.3) is 5.91 Å². The van der Waals surface area contributed by atoms with E-state index in [1.807, 2.05) is 4.90 Å². The predicted molar refractivity (Wildman–Crippen MR) is 170 cm³/mol. The van der Waals surface area contributed by atoms with Crippen LogP contribution in [0.3, 0.4) is 0 Å². The van der Waals surface area contributed by atoms with Crippen LogP contribution in [0.4, 0.5) is 19.0 Å². The molecule has 6 bridgehead atoms. The van der Waals surface area contributed by atoms with Crippen LogP contribution >= 0.6 is 11.6 Å². The molecule has 246 valence electrons. The van der Waals surface area contributed by atoms with Crippen LogP contribution < -0.4 is 15.0 Å². The van der Waals surface area contributed by atoms with Gasteiger partial charge in [0.2, 0.25) is 0 Å². The average Bonchev–Trinajstić information content (AvgIpc) is 3.34. The van der Waals surface area contributed by atoms with E-state index >= 15 is 8.78 Å². The van der Waals surface area contributed by atoms with Crippen LogP contribution in [0, 0.1) is 17.7 Å². The number of amides is 1. The Labute approximate surface area is 273 Å². The molecule has 2 N–H and O–H groups in total. The maximum atomic E-state index is 17.0. The average molecular weight is 667 g/mol. The summed E-state index contributed by atoms with van der Waals surface area (Å²) in [6.45, 7) is 2.40. The highest BCUT2D eigenvalue weighted by atomic mass is 35.5.